The lowest BCUT2D eigenvalue weighted by Gasteiger charge is -2.42. The Morgan fingerprint density at radius 1 is 1.29 bits per heavy atom. The van der Waals surface area contributed by atoms with Crippen molar-refractivity contribution in [2.45, 2.75) is 44.9 Å². The van der Waals surface area contributed by atoms with Crippen LogP contribution < -0.4 is 4.90 Å². The second-order valence-electron chi connectivity index (χ2n) is 7.77. The average molecular weight is 386 g/mol. The van der Waals surface area contributed by atoms with E-state index in [1.807, 2.05) is 10.9 Å². The lowest BCUT2D eigenvalue weighted by atomic mass is 9.92. The molecule has 1 aromatic heterocycles. The predicted octanol–water partition coefficient (Wildman–Crippen LogP) is 2.83. The van der Waals surface area contributed by atoms with Crippen molar-refractivity contribution in [3.63, 3.8) is 0 Å². The SMILES string of the molecule is CCn1cc(CN2CCCC3(CC2)CN(c2cccc(F)c2)C(=O)CO3)cn1. The summed E-state index contributed by atoms with van der Waals surface area (Å²) in [5.74, 6) is -0.435. The van der Waals surface area contributed by atoms with E-state index >= 15 is 0 Å². The highest BCUT2D eigenvalue weighted by Gasteiger charge is 2.41. The molecule has 2 fully saturated rings. The van der Waals surface area contributed by atoms with Gasteiger partial charge in [-0.3, -0.25) is 14.4 Å². The van der Waals surface area contributed by atoms with Gasteiger partial charge in [-0.15, -0.1) is 0 Å². The number of aromatic nitrogens is 2. The minimum atomic E-state index is -0.359. The Morgan fingerprint density at radius 2 is 2.18 bits per heavy atom. The Morgan fingerprint density at radius 3 is 2.96 bits per heavy atom. The Bertz CT molecular complexity index is 839. The van der Waals surface area contributed by atoms with Gasteiger partial charge in [0.25, 0.3) is 5.91 Å². The summed E-state index contributed by atoms with van der Waals surface area (Å²) in [7, 11) is 0. The first kappa shape index (κ1) is 19.1. The van der Waals surface area contributed by atoms with Crippen molar-refractivity contribution in [2.24, 2.45) is 0 Å². The van der Waals surface area contributed by atoms with Crippen LogP contribution in [0.1, 0.15) is 31.7 Å². The van der Waals surface area contributed by atoms with E-state index in [9.17, 15) is 9.18 Å². The topological polar surface area (TPSA) is 50.6 Å². The molecule has 1 unspecified atom stereocenters. The second-order valence-corrected chi connectivity index (χ2v) is 7.77. The fourth-order valence-corrected chi connectivity index (χ4v) is 4.20. The molecule has 4 rings (SSSR count). The number of anilines is 1. The number of amides is 1. The number of nitrogens with zero attached hydrogens (tertiary/aromatic N) is 4. The van der Waals surface area contributed by atoms with Crippen molar-refractivity contribution in [3.05, 3.63) is 48.0 Å². The normalized spacial score (nSPS) is 23.9. The number of likely N-dealkylation sites (tertiary alicyclic amines) is 1. The number of carbonyl (C=O) groups is 1. The Hall–Kier alpha value is -2.25. The molecule has 150 valence electrons. The molecular weight excluding hydrogens is 359 g/mol. The van der Waals surface area contributed by atoms with Crippen LogP contribution in [0, 0.1) is 5.82 Å². The van der Waals surface area contributed by atoms with Crippen LogP contribution in [0.2, 0.25) is 0 Å². The standard InChI is InChI=1S/C21H27FN4O2/c1-2-25-14-17(12-23-25)13-24-9-4-7-21(8-10-24)16-26(20(27)15-28-21)19-6-3-5-18(22)11-19/h3,5-6,11-12,14H,2,4,7-10,13,15-16H2,1H3. The van der Waals surface area contributed by atoms with E-state index in [2.05, 4.69) is 23.1 Å². The highest BCUT2D eigenvalue weighted by Crippen LogP contribution is 2.33. The van der Waals surface area contributed by atoms with E-state index in [0.29, 0.717) is 12.2 Å². The van der Waals surface area contributed by atoms with E-state index in [4.69, 9.17) is 4.74 Å². The summed E-state index contributed by atoms with van der Waals surface area (Å²) < 4.78 is 21.7. The van der Waals surface area contributed by atoms with Crippen molar-refractivity contribution in [1.29, 1.82) is 0 Å². The number of halogens is 1. The molecule has 1 spiro atoms. The summed E-state index contributed by atoms with van der Waals surface area (Å²) in [6.07, 6.45) is 6.80. The van der Waals surface area contributed by atoms with Crippen molar-refractivity contribution < 1.29 is 13.9 Å². The number of ether oxygens (including phenoxy) is 1. The molecule has 1 aromatic carbocycles. The molecule has 1 atom stereocenters. The van der Waals surface area contributed by atoms with E-state index in [-0.39, 0.29) is 23.9 Å². The first-order valence-corrected chi connectivity index (χ1v) is 10.0. The maximum atomic E-state index is 13.7. The van der Waals surface area contributed by atoms with Gasteiger partial charge in [0.15, 0.2) is 0 Å². The maximum absolute atomic E-state index is 13.7. The van der Waals surface area contributed by atoms with Gasteiger partial charge in [-0.2, -0.15) is 5.10 Å². The quantitative estimate of drug-likeness (QED) is 0.811. The van der Waals surface area contributed by atoms with Crippen LogP contribution >= 0.6 is 0 Å². The maximum Gasteiger partial charge on any atom is 0.253 e. The molecule has 6 nitrogen and oxygen atoms in total. The van der Waals surface area contributed by atoms with Gasteiger partial charge in [-0.05, 0) is 50.9 Å². The fraction of sp³-hybridized carbons (Fsp3) is 0.524. The molecule has 2 aliphatic rings. The molecule has 2 saturated heterocycles. The first-order chi connectivity index (χ1) is 13.6. The third-order valence-electron chi connectivity index (χ3n) is 5.78. The minimum absolute atomic E-state index is 0.0553. The van der Waals surface area contributed by atoms with Crippen LogP contribution in [0.4, 0.5) is 10.1 Å². The molecular formula is C21H27FN4O2. The van der Waals surface area contributed by atoms with Crippen molar-refractivity contribution in [3.8, 4) is 0 Å². The van der Waals surface area contributed by atoms with Gasteiger partial charge in [-0.1, -0.05) is 6.07 Å². The monoisotopic (exact) mass is 386 g/mol. The predicted molar refractivity (Wildman–Crippen MR) is 104 cm³/mol. The summed E-state index contributed by atoms with van der Waals surface area (Å²) >= 11 is 0. The van der Waals surface area contributed by atoms with Gasteiger partial charge in [0, 0.05) is 37.1 Å². The lowest BCUT2D eigenvalue weighted by molar-refractivity contribution is -0.140. The Balaban J connectivity index is 1.44. The summed E-state index contributed by atoms with van der Waals surface area (Å²) in [5, 5.41) is 4.36. The number of hydrogen-bond acceptors (Lipinski definition) is 4. The first-order valence-electron chi connectivity index (χ1n) is 10.0. The molecule has 0 aliphatic carbocycles. The van der Waals surface area contributed by atoms with Crippen LogP contribution in [0.25, 0.3) is 0 Å². The number of aryl methyl sites for hydroxylation is 1. The number of rotatable bonds is 4. The molecule has 0 saturated carbocycles. The minimum Gasteiger partial charge on any atom is -0.363 e. The molecule has 0 N–H and O–H groups in total. The lowest BCUT2D eigenvalue weighted by Crippen LogP contribution is -2.55. The number of carbonyl (C=O) groups excluding carboxylic acids is 1. The molecule has 7 heteroatoms. The number of morpholine rings is 1. The molecule has 1 amide bonds. The van der Waals surface area contributed by atoms with Gasteiger partial charge in [0.1, 0.15) is 12.4 Å². The zero-order valence-corrected chi connectivity index (χ0v) is 16.3. The molecule has 3 heterocycles. The highest BCUT2D eigenvalue weighted by molar-refractivity contribution is 5.95. The van der Waals surface area contributed by atoms with Crippen LogP contribution in [0.5, 0.6) is 0 Å². The average Bonchev–Trinajstić information content (AvgIpc) is 3.06. The number of benzene rings is 1. The molecule has 0 radical (unpaired) electrons. The zero-order valence-electron chi connectivity index (χ0n) is 16.3. The third-order valence-corrected chi connectivity index (χ3v) is 5.78. The molecule has 2 aliphatic heterocycles. The van der Waals surface area contributed by atoms with Crippen molar-refractivity contribution >= 4 is 11.6 Å². The summed E-state index contributed by atoms with van der Waals surface area (Å²) in [6, 6.07) is 6.25. The highest BCUT2D eigenvalue weighted by atomic mass is 19.1. The van der Waals surface area contributed by atoms with Crippen LogP contribution in [0.3, 0.4) is 0 Å². The van der Waals surface area contributed by atoms with Gasteiger partial charge in [0.05, 0.1) is 18.3 Å². The number of hydrogen-bond donors (Lipinski definition) is 0. The van der Waals surface area contributed by atoms with Gasteiger partial charge in [-0.25, -0.2) is 4.39 Å². The smallest absolute Gasteiger partial charge is 0.253 e. The largest absolute Gasteiger partial charge is 0.363 e. The Labute approximate surface area is 164 Å². The fourth-order valence-electron chi connectivity index (χ4n) is 4.20. The molecule has 28 heavy (non-hydrogen) atoms. The van der Waals surface area contributed by atoms with Gasteiger partial charge >= 0.3 is 0 Å². The summed E-state index contributed by atoms with van der Waals surface area (Å²) in [6.45, 7) is 6.28. The van der Waals surface area contributed by atoms with Crippen molar-refractivity contribution in [2.75, 3.05) is 31.1 Å². The Kier molecular flexibility index (Phi) is 5.46. The van der Waals surface area contributed by atoms with E-state index in [1.54, 1.807) is 17.0 Å². The van der Waals surface area contributed by atoms with E-state index in [1.165, 1.54) is 17.7 Å². The molecule has 0 bridgehead atoms. The molecule has 2 aromatic rings. The van der Waals surface area contributed by atoms with Crippen LogP contribution in [-0.4, -0.2) is 52.4 Å². The third kappa shape index (κ3) is 4.10. The summed E-state index contributed by atoms with van der Waals surface area (Å²) in [5.41, 5.74) is 1.47. The van der Waals surface area contributed by atoms with Gasteiger partial charge in [0.2, 0.25) is 0 Å². The van der Waals surface area contributed by atoms with Crippen LogP contribution in [0.15, 0.2) is 36.7 Å². The second kappa shape index (κ2) is 8.01. The van der Waals surface area contributed by atoms with E-state index < -0.39 is 0 Å². The summed E-state index contributed by atoms with van der Waals surface area (Å²) in [4.78, 5) is 16.5. The van der Waals surface area contributed by atoms with E-state index in [0.717, 1.165) is 45.4 Å². The van der Waals surface area contributed by atoms with Gasteiger partial charge < -0.3 is 9.64 Å². The van der Waals surface area contributed by atoms with Crippen LogP contribution in [-0.2, 0) is 22.6 Å². The zero-order chi connectivity index (χ0) is 19.6. The van der Waals surface area contributed by atoms with Crippen molar-refractivity contribution in [1.82, 2.24) is 14.7 Å².